The number of hydrogen-bond acceptors (Lipinski definition) is 5. The van der Waals surface area contributed by atoms with Gasteiger partial charge in [-0.3, -0.25) is 4.90 Å². The molecule has 6 heteroatoms. The fraction of sp³-hybridized carbons (Fsp3) is 0.909. The van der Waals surface area contributed by atoms with Gasteiger partial charge in [-0.2, -0.15) is 0 Å². The van der Waals surface area contributed by atoms with Crippen molar-refractivity contribution in [1.82, 2.24) is 4.90 Å². The van der Waals surface area contributed by atoms with Gasteiger partial charge in [0.2, 0.25) is 0 Å². The first-order valence-corrected chi connectivity index (χ1v) is 6.09. The topological polar surface area (TPSA) is 91.3 Å². The Labute approximate surface area is 101 Å². The number of nitrogens with two attached hydrogens (primary N) is 1. The molecule has 0 spiro atoms. The molecule has 2 fully saturated rings. The van der Waals surface area contributed by atoms with E-state index in [0.29, 0.717) is 18.9 Å². The lowest BCUT2D eigenvalue weighted by atomic mass is 10.0. The zero-order chi connectivity index (χ0) is 12.3. The SMILES string of the molecule is NC(CC1(CN2CCOC(CO)C2)CC1)=NO. The first kappa shape index (κ1) is 12.6. The van der Waals surface area contributed by atoms with E-state index < -0.39 is 0 Å². The lowest BCUT2D eigenvalue weighted by Gasteiger charge is -2.34. The fourth-order valence-electron chi connectivity index (χ4n) is 2.50. The molecular formula is C11H21N3O3. The van der Waals surface area contributed by atoms with Crippen LogP contribution in [0.1, 0.15) is 19.3 Å². The summed E-state index contributed by atoms with van der Waals surface area (Å²) in [6.07, 6.45) is 2.85. The number of nitrogens with zero attached hydrogens (tertiary/aromatic N) is 2. The predicted molar refractivity (Wildman–Crippen MR) is 63.0 cm³/mol. The molecule has 0 amide bonds. The number of rotatable bonds is 5. The minimum absolute atomic E-state index is 0.0663. The molecule has 98 valence electrons. The summed E-state index contributed by atoms with van der Waals surface area (Å²) >= 11 is 0. The predicted octanol–water partition coefficient (Wildman–Crippen LogP) is -0.404. The quantitative estimate of drug-likeness (QED) is 0.264. The van der Waals surface area contributed by atoms with Crippen LogP contribution in [0.25, 0.3) is 0 Å². The van der Waals surface area contributed by atoms with Crippen molar-refractivity contribution in [3.05, 3.63) is 0 Å². The van der Waals surface area contributed by atoms with Crippen molar-refractivity contribution in [3.8, 4) is 0 Å². The summed E-state index contributed by atoms with van der Waals surface area (Å²) in [6, 6.07) is 0. The molecule has 0 bridgehead atoms. The first-order valence-electron chi connectivity index (χ1n) is 6.09. The van der Waals surface area contributed by atoms with Crippen LogP contribution in [-0.2, 0) is 4.74 Å². The second-order valence-electron chi connectivity index (χ2n) is 5.18. The molecular weight excluding hydrogens is 222 g/mol. The number of morpholine rings is 1. The van der Waals surface area contributed by atoms with Crippen molar-refractivity contribution in [1.29, 1.82) is 0 Å². The van der Waals surface area contributed by atoms with Gasteiger partial charge in [0.25, 0.3) is 0 Å². The maximum atomic E-state index is 9.08. The molecule has 1 atom stereocenters. The van der Waals surface area contributed by atoms with Gasteiger partial charge < -0.3 is 20.8 Å². The van der Waals surface area contributed by atoms with Gasteiger partial charge in [-0.05, 0) is 18.3 Å². The van der Waals surface area contributed by atoms with Crippen LogP contribution in [0.2, 0.25) is 0 Å². The average Bonchev–Trinajstić information content (AvgIpc) is 3.08. The van der Waals surface area contributed by atoms with Crippen LogP contribution in [0, 0.1) is 5.41 Å². The summed E-state index contributed by atoms with van der Waals surface area (Å²) in [5.41, 5.74) is 5.76. The Bertz CT molecular complexity index is 292. The monoisotopic (exact) mass is 243 g/mol. The minimum Gasteiger partial charge on any atom is -0.409 e. The van der Waals surface area contributed by atoms with Crippen molar-refractivity contribution in [3.63, 3.8) is 0 Å². The summed E-state index contributed by atoms with van der Waals surface area (Å²) in [7, 11) is 0. The number of aliphatic hydroxyl groups excluding tert-OH is 1. The first-order chi connectivity index (χ1) is 8.17. The highest BCUT2D eigenvalue weighted by molar-refractivity contribution is 5.80. The normalized spacial score (nSPS) is 29.2. The van der Waals surface area contributed by atoms with E-state index in [0.717, 1.165) is 32.5 Å². The van der Waals surface area contributed by atoms with Crippen LogP contribution in [0.5, 0.6) is 0 Å². The molecule has 1 aliphatic carbocycles. The number of ether oxygens (including phenoxy) is 1. The highest BCUT2D eigenvalue weighted by Gasteiger charge is 2.45. The third kappa shape index (κ3) is 3.31. The van der Waals surface area contributed by atoms with E-state index in [1.54, 1.807) is 0 Å². The Hall–Kier alpha value is -0.850. The number of aliphatic hydroxyl groups is 1. The third-order valence-electron chi connectivity index (χ3n) is 3.63. The van der Waals surface area contributed by atoms with Gasteiger partial charge in [-0.25, -0.2) is 0 Å². The standard InChI is InChI=1S/C11H21N3O3/c12-10(13-16)5-11(1-2-11)8-14-3-4-17-9(6-14)7-15/h9,15-16H,1-8H2,(H2,12,13). The van der Waals surface area contributed by atoms with Gasteiger partial charge in [0, 0.05) is 26.1 Å². The molecule has 4 N–H and O–H groups in total. The average molecular weight is 243 g/mol. The molecule has 0 aromatic carbocycles. The Morgan fingerprint density at radius 1 is 1.53 bits per heavy atom. The Morgan fingerprint density at radius 3 is 2.88 bits per heavy atom. The van der Waals surface area contributed by atoms with Crippen LogP contribution >= 0.6 is 0 Å². The summed E-state index contributed by atoms with van der Waals surface area (Å²) in [5.74, 6) is 0.314. The smallest absolute Gasteiger partial charge is 0.139 e. The number of hydrogen-bond donors (Lipinski definition) is 3. The van der Waals surface area contributed by atoms with E-state index in [9.17, 15) is 0 Å². The van der Waals surface area contributed by atoms with Crippen molar-refractivity contribution < 1.29 is 15.1 Å². The summed E-state index contributed by atoms with van der Waals surface area (Å²) < 4.78 is 5.41. The molecule has 1 saturated carbocycles. The lowest BCUT2D eigenvalue weighted by Crippen LogP contribution is -2.46. The molecule has 1 unspecified atom stereocenters. The van der Waals surface area contributed by atoms with Crippen LogP contribution in [-0.4, -0.2) is 60.0 Å². The largest absolute Gasteiger partial charge is 0.409 e. The van der Waals surface area contributed by atoms with Gasteiger partial charge in [0.05, 0.1) is 19.3 Å². The van der Waals surface area contributed by atoms with Gasteiger partial charge in [0.1, 0.15) is 5.84 Å². The molecule has 0 radical (unpaired) electrons. The van der Waals surface area contributed by atoms with Crippen molar-refractivity contribution in [2.24, 2.45) is 16.3 Å². The molecule has 0 aromatic heterocycles. The van der Waals surface area contributed by atoms with Crippen molar-refractivity contribution >= 4 is 5.84 Å². The zero-order valence-electron chi connectivity index (χ0n) is 10.0. The van der Waals surface area contributed by atoms with Crippen LogP contribution in [0.15, 0.2) is 5.16 Å². The number of amidine groups is 1. The van der Waals surface area contributed by atoms with E-state index in [1.807, 2.05) is 0 Å². The van der Waals surface area contributed by atoms with Gasteiger partial charge in [0.15, 0.2) is 0 Å². The molecule has 1 heterocycles. The molecule has 1 aliphatic heterocycles. The highest BCUT2D eigenvalue weighted by atomic mass is 16.5. The maximum absolute atomic E-state index is 9.08. The molecule has 0 aromatic rings. The highest BCUT2D eigenvalue weighted by Crippen LogP contribution is 2.49. The van der Waals surface area contributed by atoms with E-state index in [1.165, 1.54) is 0 Å². The summed E-state index contributed by atoms with van der Waals surface area (Å²) in [4.78, 5) is 2.31. The molecule has 6 nitrogen and oxygen atoms in total. The molecule has 1 saturated heterocycles. The zero-order valence-corrected chi connectivity index (χ0v) is 10.0. The van der Waals surface area contributed by atoms with Gasteiger partial charge in [-0.15, -0.1) is 0 Å². The van der Waals surface area contributed by atoms with Crippen molar-refractivity contribution in [2.45, 2.75) is 25.4 Å². The minimum atomic E-state index is -0.0663. The van der Waals surface area contributed by atoms with E-state index in [-0.39, 0.29) is 18.1 Å². The fourth-order valence-corrected chi connectivity index (χ4v) is 2.50. The van der Waals surface area contributed by atoms with Crippen LogP contribution < -0.4 is 5.73 Å². The van der Waals surface area contributed by atoms with E-state index in [4.69, 9.17) is 20.8 Å². The Balaban J connectivity index is 1.83. The molecule has 17 heavy (non-hydrogen) atoms. The van der Waals surface area contributed by atoms with Crippen LogP contribution in [0.3, 0.4) is 0 Å². The lowest BCUT2D eigenvalue weighted by molar-refractivity contribution is -0.0571. The Morgan fingerprint density at radius 2 is 2.29 bits per heavy atom. The van der Waals surface area contributed by atoms with Gasteiger partial charge >= 0.3 is 0 Å². The Kier molecular flexibility index (Phi) is 3.86. The van der Waals surface area contributed by atoms with Gasteiger partial charge in [-0.1, -0.05) is 5.16 Å². The molecule has 2 aliphatic rings. The van der Waals surface area contributed by atoms with E-state index >= 15 is 0 Å². The van der Waals surface area contributed by atoms with Crippen LogP contribution in [0.4, 0.5) is 0 Å². The second kappa shape index (κ2) is 5.20. The number of oxime groups is 1. The van der Waals surface area contributed by atoms with Crippen molar-refractivity contribution in [2.75, 3.05) is 32.8 Å². The van der Waals surface area contributed by atoms with E-state index in [2.05, 4.69) is 10.1 Å². The summed E-state index contributed by atoms with van der Waals surface area (Å²) in [6.45, 7) is 3.36. The second-order valence-corrected chi connectivity index (χ2v) is 5.18. The molecule has 2 rings (SSSR count). The third-order valence-corrected chi connectivity index (χ3v) is 3.63. The summed E-state index contributed by atoms with van der Waals surface area (Å²) in [5, 5.41) is 20.7. The maximum Gasteiger partial charge on any atom is 0.139 e.